The van der Waals surface area contributed by atoms with E-state index < -0.39 is 0 Å². The van der Waals surface area contributed by atoms with Gasteiger partial charge in [0.15, 0.2) is 5.78 Å². The van der Waals surface area contributed by atoms with Crippen molar-refractivity contribution in [1.29, 1.82) is 0 Å². The summed E-state index contributed by atoms with van der Waals surface area (Å²) < 4.78 is 12.4. The van der Waals surface area contributed by atoms with Gasteiger partial charge in [-0.1, -0.05) is 43.3 Å². The van der Waals surface area contributed by atoms with Crippen molar-refractivity contribution in [3.63, 3.8) is 0 Å². The predicted molar refractivity (Wildman–Crippen MR) is 115 cm³/mol. The maximum absolute atomic E-state index is 12.4. The molecule has 0 saturated heterocycles. The molecule has 0 unspecified atom stereocenters. The normalized spacial score (nSPS) is 10.5. The van der Waals surface area contributed by atoms with Crippen LogP contribution in [-0.4, -0.2) is 22.0 Å². The SMILES string of the molecule is CC(=O)c1ccc(CN=Cc2c(C)ncnc2N)cc1.CCc1cccc(F)c1. The number of rotatable bonds is 5. The van der Waals surface area contributed by atoms with E-state index in [0.29, 0.717) is 17.9 Å². The first-order valence-corrected chi connectivity index (χ1v) is 9.32. The molecule has 0 spiro atoms. The van der Waals surface area contributed by atoms with E-state index in [-0.39, 0.29) is 11.6 Å². The average molecular weight is 392 g/mol. The summed E-state index contributed by atoms with van der Waals surface area (Å²) in [4.78, 5) is 23.5. The first kappa shape index (κ1) is 21.9. The lowest BCUT2D eigenvalue weighted by atomic mass is 10.1. The maximum atomic E-state index is 12.4. The number of aryl methyl sites for hydroxylation is 2. The van der Waals surface area contributed by atoms with Crippen molar-refractivity contribution < 1.29 is 9.18 Å². The quantitative estimate of drug-likeness (QED) is 0.509. The van der Waals surface area contributed by atoms with Gasteiger partial charge in [0.25, 0.3) is 0 Å². The number of hydrogen-bond acceptors (Lipinski definition) is 5. The minimum Gasteiger partial charge on any atom is -0.383 e. The van der Waals surface area contributed by atoms with E-state index in [1.54, 1.807) is 37.4 Å². The molecule has 2 aromatic carbocycles. The Hall–Kier alpha value is -3.41. The van der Waals surface area contributed by atoms with Gasteiger partial charge < -0.3 is 5.73 Å². The zero-order chi connectivity index (χ0) is 21.2. The summed E-state index contributed by atoms with van der Waals surface area (Å²) in [6.07, 6.45) is 4.02. The molecule has 0 radical (unpaired) electrons. The van der Waals surface area contributed by atoms with E-state index in [1.807, 2.05) is 32.0 Å². The predicted octanol–water partition coefficient (Wildman–Crippen LogP) is 4.58. The molecule has 1 heterocycles. The van der Waals surface area contributed by atoms with Gasteiger partial charge in [-0.3, -0.25) is 9.79 Å². The van der Waals surface area contributed by atoms with Crippen molar-refractivity contribution in [1.82, 2.24) is 9.97 Å². The minimum atomic E-state index is -0.144. The highest BCUT2D eigenvalue weighted by Crippen LogP contribution is 2.10. The van der Waals surface area contributed by atoms with Crippen LogP contribution in [0.25, 0.3) is 0 Å². The molecule has 5 nitrogen and oxygen atoms in total. The number of nitrogens with zero attached hydrogens (tertiary/aromatic N) is 3. The molecule has 0 amide bonds. The Morgan fingerprint density at radius 2 is 1.86 bits per heavy atom. The molecule has 150 valence electrons. The van der Waals surface area contributed by atoms with Crippen LogP contribution in [0, 0.1) is 12.7 Å². The van der Waals surface area contributed by atoms with Crippen LogP contribution in [-0.2, 0) is 13.0 Å². The Kier molecular flexibility index (Phi) is 8.15. The smallest absolute Gasteiger partial charge is 0.159 e. The number of nitrogens with two attached hydrogens (primary N) is 1. The third kappa shape index (κ3) is 6.92. The summed E-state index contributed by atoms with van der Waals surface area (Å²) >= 11 is 0. The summed E-state index contributed by atoms with van der Waals surface area (Å²) in [6.45, 7) is 5.94. The third-order valence-corrected chi connectivity index (χ3v) is 4.27. The number of nitrogen functional groups attached to an aromatic ring is 1. The van der Waals surface area contributed by atoms with Gasteiger partial charge in [-0.25, -0.2) is 14.4 Å². The van der Waals surface area contributed by atoms with E-state index in [9.17, 15) is 9.18 Å². The fraction of sp³-hybridized carbons (Fsp3) is 0.217. The van der Waals surface area contributed by atoms with Crippen LogP contribution in [0.5, 0.6) is 0 Å². The highest BCUT2D eigenvalue weighted by Gasteiger charge is 2.02. The average Bonchev–Trinajstić information content (AvgIpc) is 2.71. The van der Waals surface area contributed by atoms with Gasteiger partial charge in [-0.05, 0) is 43.5 Å². The number of anilines is 1. The molecule has 1 aromatic heterocycles. The molecule has 3 rings (SSSR count). The molecule has 0 aliphatic carbocycles. The Morgan fingerprint density at radius 1 is 1.14 bits per heavy atom. The molecule has 2 N–H and O–H groups in total. The number of ketones is 1. The number of aromatic nitrogens is 2. The highest BCUT2D eigenvalue weighted by atomic mass is 19.1. The number of hydrogen-bond donors (Lipinski definition) is 1. The summed E-state index contributed by atoms with van der Waals surface area (Å²) in [6, 6.07) is 14.1. The topological polar surface area (TPSA) is 81.2 Å². The lowest BCUT2D eigenvalue weighted by Crippen LogP contribution is -2.01. The number of carbonyl (C=O) groups excluding carboxylic acids is 1. The molecule has 0 saturated carbocycles. The van der Waals surface area contributed by atoms with Crippen molar-refractivity contribution in [2.75, 3.05) is 5.73 Å². The zero-order valence-electron chi connectivity index (χ0n) is 16.9. The summed E-state index contributed by atoms with van der Waals surface area (Å²) in [5.41, 5.74) is 10.1. The van der Waals surface area contributed by atoms with E-state index in [1.165, 1.54) is 12.4 Å². The summed E-state index contributed by atoms with van der Waals surface area (Å²) in [7, 11) is 0. The number of Topliss-reactive ketones (excluding diaryl/α,β-unsaturated/α-hetero) is 1. The second-order valence-corrected chi connectivity index (χ2v) is 6.46. The third-order valence-electron chi connectivity index (χ3n) is 4.27. The molecule has 0 aliphatic rings. The lowest BCUT2D eigenvalue weighted by molar-refractivity contribution is 0.101. The van der Waals surface area contributed by atoms with Crippen LogP contribution < -0.4 is 5.73 Å². The van der Waals surface area contributed by atoms with E-state index in [2.05, 4.69) is 15.0 Å². The van der Waals surface area contributed by atoms with Crippen LogP contribution in [0.1, 0.15) is 46.6 Å². The molecule has 3 aromatic rings. The van der Waals surface area contributed by atoms with Crippen molar-refractivity contribution in [3.05, 3.63) is 88.6 Å². The first-order chi connectivity index (χ1) is 13.9. The fourth-order valence-corrected chi connectivity index (χ4v) is 2.51. The summed E-state index contributed by atoms with van der Waals surface area (Å²) in [5.74, 6) is 0.340. The second kappa shape index (κ2) is 10.8. The highest BCUT2D eigenvalue weighted by molar-refractivity contribution is 5.94. The molecule has 0 bridgehead atoms. The van der Waals surface area contributed by atoms with E-state index in [4.69, 9.17) is 5.73 Å². The first-order valence-electron chi connectivity index (χ1n) is 9.32. The maximum Gasteiger partial charge on any atom is 0.159 e. The largest absolute Gasteiger partial charge is 0.383 e. The molecule has 0 atom stereocenters. The van der Waals surface area contributed by atoms with Crippen LogP contribution in [0.15, 0.2) is 59.9 Å². The van der Waals surface area contributed by atoms with Crippen LogP contribution >= 0.6 is 0 Å². The van der Waals surface area contributed by atoms with Gasteiger partial charge in [0, 0.05) is 11.8 Å². The van der Waals surface area contributed by atoms with Gasteiger partial charge >= 0.3 is 0 Å². The monoisotopic (exact) mass is 392 g/mol. The van der Waals surface area contributed by atoms with Crippen LogP contribution in [0.3, 0.4) is 0 Å². The number of benzene rings is 2. The molecule has 29 heavy (non-hydrogen) atoms. The van der Waals surface area contributed by atoms with Gasteiger partial charge in [0.2, 0.25) is 0 Å². The van der Waals surface area contributed by atoms with E-state index in [0.717, 1.165) is 28.8 Å². The van der Waals surface area contributed by atoms with Crippen LogP contribution in [0.4, 0.5) is 10.2 Å². The van der Waals surface area contributed by atoms with Gasteiger partial charge in [0.05, 0.1) is 17.8 Å². The zero-order valence-corrected chi connectivity index (χ0v) is 16.9. The Bertz CT molecular complexity index is 964. The van der Waals surface area contributed by atoms with Gasteiger partial charge in [-0.2, -0.15) is 0 Å². The second-order valence-electron chi connectivity index (χ2n) is 6.46. The fourth-order valence-electron chi connectivity index (χ4n) is 2.51. The molecular weight excluding hydrogens is 367 g/mol. The van der Waals surface area contributed by atoms with Crippen molar-refractivity contribution in [2.45, 2.75) is 33.7 Å². The number of halogens is 1. The molecule has 0 aliphatic heterocycles. The number of carbonyl (C=O) groups is 1. The van der Waals surface area contributed by atoms with Crippen molar-refractivity contribution in [3.8, 4) is 0 Å². The molecule has 6 heteroatoms. The van der Waals surface area contributed by atoms with Crippen molar-refractivity contribution in [2.24, 2.45) is 4.99 Å². The molecule has 0 fully saturated rings. The Labute approximate surface area is 170 Å². The van der Waals surface area contributed by atoms with Crippen LogP contribution in [0.2, 0.25) is 0 Å². The molecular formula is C23H25FN4O. The van der Waals surface area contributed by atoms with Gasteiger partial charge in [-0.15, -0.1) is 0 Å². The Balaban J connectivity index is 0.000000278. The number of aliphatic imine (C=N–C) groups is 1. The summed E-state index contributed by atoms with van der Waals surface area (Å²) in [5, 5.41) is 0. The van der Waals surface area contributed by atoms with E-state index >= 15 is 0 Å². The van der Waals surface area contributed by atoms with Crippen molar-refractivity contribution >= 4 is 17.8 Å². The van der Waals surface area contributed by atoms with Gasteiger partial charge in [0.1, 0.15) is 18.0 Å². The minimum absolute atomic E-state index is 0.0601. The Morgan fingerprint density at radius 3 is 2.41 bits per heavy atom. The lowest BCUT2D eigenvalue weighted by Gasteiger charge is -2.02. The standard InChI is InChI=1S/C15H16N4O.C8H9F/c1-10-14(15(16)19-9-18-10)8-17-7-12-3-5-13(6-4-12)11(2)20;1-2-7-4-3-5-8(9)6-7/h3-6,8-9H,7H2,1-2H3,(H2,16,18,19);3-6H,2H2,1H3.